The van der Waals surface area contributed by atoms with Crippen LogP contribution >= 0.6 is 39.3 Å². The van der Waals surface area contributed by atoms with Crippen LogP contribution < -0.4 is 14.2 Å². The van der Waals surface area contributed by atoms with Crippen LogP contribution in [0.5, 0.6) is 17.2 Å². The van der Waals surface area contributed by atoms with Crippen molar-refractivity contribution in [1.29, 1.82) is 0 Å². The van der Waals surface area contributed by atoms with E-state index < -0.39 is 0 Å². The van der Waals surface area contributed by atoms with Crippen LogP contribution in [-0.4, -0.2) is 36.3 Å². The molecule has 0 aliphatic carbocycles. The second kappa shape index (κ2) is 11.7. The number of carbonyl (C=O) groups excluding carboxylic acids is 2. The molecule has 2 amide bonds. The lowest BCUT2D eigenvalue weighted by Gasteiger charge is -2.14. The van der Waals surface area contributed by atoms with Gasteiger partial charge in [0, 0.05) is 15.1 Å². The van der Waals surface area contributed by atoms with Crippen LogP contribution in [0.4, 0.5) is 4.79 Å². The van der Waals surface area contributed by atoms with E-state index in [4.69, 9.17) is 25.8 Å². The van der Waals surface area contributed by atoms with E-state index in [1.54, 1.807) is 49.6 Å². The van der Waals surface area contributed by atoms with E-state index in [0.29, 0.717) is 39.3 Å². The molecule has 4 rings (SSSR count). The van der Waals surface area contributed by atoms with E-state index in [-0.39, 0.29) is 24.3 Å². The second-order valence-corrected chi connectivity index (χ2v) is 9.77. The Balaban J connectivity index is 1.47. The van der Waals surface area contributed by atoms with Crippen LogP contribution in [0.2, 0.25) is 5.02 Å². The van der Waals surface area contributed by atoms with E-state index in [9.17, 15) is 9.59 Å². The fourth-order valence-corrected chi connectivity index (χ4v) is 4.56. The predicted octanol–water partition coefficient (Wildman–Crippen LogP) is 6.81. The standard InChI is InChI=1S/C26H21BrClNO5S/c1-32-22-4-2-3-18(24(22)34-16-17-5-7-19(27)8-6-17)15-23-25(30)29(26(31)35-23)13-14-33-21-11-9-20(28)10-12-21/h2-12,15H,13-14,16H2,1H3/b23-15-. The van der Waals surface area contributed by atoms with Gasteiger partial charge in [-0.25, -0.2) is 0 Å². The average Bonchev–Trinajstić information content (AvgIpc) is 3.12. The Kier molecular flexibility index (Phi) is 8.38. The quantitative estimate of drug-likeness (QED) is 0.262. The second-order valence-electron chi connectivity index (χ2n) is 7.43. The first kappa shape index (κ1) is 25.2. The first-order valence-corrected chi connectivity index (χ1v) is 12.6. The summed E-state index contributed by atoms with van der Waals surface area (Å²) in [6, 6.07) is 20.1. The van der Waals surface area contributed by atoms with E-state index in [1.807, 2.05) is 30.3 Å². The SMILES string of the molecule is COc1cccc(/C=C2\SC(=O)N(CCOc3ccc(Cl)cc3)C2=O)c1OCc1ccc(Br)cc1. The zero-order valence-corrected chi connectivity index (χ0v) is 21.9. The molecule has 0 atom stereocenters. The number of hydrogen-bond donors (Lipinski definition) is 0. The van der Waals surface area contributed by atoms with Crippen molar-refractivity contribution in [3.8, 4) is 17.2 Å². The minimum Gasteiger partial charge on any atom is -0.493 e. The number of ether oxygens (including phenoxy) is 3. The Morgan fingerprint density at radius 3 is 2.46 bits per heavy atom. The smallest absolute Gasteiger partial charge is 0.293 e. The molecule has 0 aromatic heterocycles. The Bertz CT molecular complexity index is 1250. The number of amides is 2. The van der Waals surface area contributed by atoms with Crippen molar-refractivity contribution in [3.63, 3.8) is 0 Å². The largest absolute Gasteiger partial charge is 0.493 e. The molecule has 180 valence electrons. The number of nitrogens with zero attached hydrogens (tertiary/aromatic N) is 1. The zero-order valence-electron chi connectivity index (χ0n) is 18.7. The third kappa shape index (κ3) is 6.39. The number of halogens is 2. The van der Waals surface area contributed by atoms with E-state index >= 15 is 0 Å². The summed E-state index contributed by atoms with van der Waals surface area (Å²) in [7, 11) is 1.56. The average molecular weight is 575 g/mol. The van der Waals surface area contributed by atoms with Crippen molar-refractivity contribution in [1.82, 2.24) is 4.90 Å². The van der Waals surface area contributed by atoms with Crippen LogP contribution in [0.25, 0.3) is 6.08 Å². The maximum Gasteiger partial charge on any atom is 0.293 e. The fourth-order valence-electron chi connectivity index (χ4n) is 3.32. The first-order chi connectivity index (χ1) is 16.9. The number of methoxy groups -OCH3 is 1. The molecule has 0 bridgehead atoms. The first-order valence-electron chi connectivity index (χ1n) is 10.6. The summed E-state index contributed by atoms with van der Waals surface area (Å²) >= 11 is 10.2. The van der Waals surface area contributed by atoms with E-state index in [1.165, 1.54) is 4.90 Å². The van der Waals surface area contributed by atoms with Crippen molar-refractivity contribution < 1.29 is 23.8 Å². The molecule has 0 saturated carbocycles. The summed E-state index contributed by atoms with van der Waals surface area (Å²) in [5.74, 6) is 1.27. The lowest BCUT2D eigenvalue weighted by atomic mass is 10.1. The van der Waals surface area contributed by atoms with Gasteiger partial charge in [-0.15, -0.1) is 0 Å². The molecule has 1 saturated heterocycles. The highest BCUT2D eigenvalue weighted by Gasteiger charge is 2.35. The predicted molar refractivity (Wildman–Crippen MR) is 141 cm³/mol. The van der Waals surface area contributed by atoms with Gasteiger partial charge < -0.3 is 14.2 Å². The molecule has 0 spiro atoms. The minimum atomic E-state index is -0.374. The van der Waals surface area contributed by atoms with Crippen LogP contribution in [-0.2, 0) is 11.4 Å². The molecular formula is C26H21BrClNO5S. The van der Waals surface area contributed by atoms with Crippen molar-refractivity contribution in [2.75, 3.05) is 20.3 Å². The molecule has 1 fully saturated rings. The highest BCUT2D eigenvalue weighted by atomic mass is 79.9. The number of rotatable bonds is 9. The molecule has 0 unspecified atom stereocenters. The van der Waals surface area contributed by atoms with E-state index in [0.717, 1.165) is 21.8 Å². The van der Waals surface area contributed by atoms with Crippen molar-refractivity contribution in [2.45, 2.75) is 6.61 Å². The third-order valence-corrected chi connectivity index (χ3v) is 6.77. The van der Waals surface area contributed by atoms with Crippen LogP contribution in [0.3, 0.4) is 0 Å². The van der Waals surface area contributed by atoms with Gasteiger partial charge >= 0.3 is 0 Å². The topological polar surface area (TPSA) is 65.1 Å². The van der Waals surface area contributed by atoms with Gasteiger partial charge in [-0.05, 0) is 65.9 Å². The summed E-state index contributed by atoms with van der Waals surface area (Å²) in [6.07, 6.45) is 1.66. The highest BCUT2D eigenvalue weighted by Crippen LogP contribution is 2.37. The van der Waals surface area contributed by atoms with Crippen molar-refractivity contribution >= 4 is 56.5 Å². The Morgan fingerprint density at radius 1 is 1.00 bits per heavy atom. The van der Waals surface area contributed by atoms with E-state index in [2.05, 4.69) is 15.9 Å². The van der Waals surface area contributed by atoms with Crippen LogP contribution in [0, 0.1) is 0 Å². The lowest BCUT2D eigenvalue weighted by Crippen LogP contribution is -2.32. The van der Waals surface area contributed by atoms with Gasteiger partial charge in [0.1, 0.15) is 19.0 Å². The Morgan fingerprint density at radius 2 is 1.74 bits per heavy atom. The summed E-state index contributed by atoms with van der Waals surface area (Å²) in [5, 5.41) is 0.257. The Hall–Kier alpha value is -2.94. The zero-order chi connectivity index (χ0) is 24.8. The minimum absolute atomic E-state index is 0.135. The number of benzene rings is 3. The normalized spacial score (nSPS) is 14.5. The van der Waals surface area contributed by atoms with Crippen LogP contribution in [0.1, 0.15) is 11.1 Å². The molecule has 3 aromatic carbocycles. The number of carbonyl (C=O) groups is 2. The molecule has 1 heterocycles. The molecule has 1 aliphatic heterocycles. The summed E-state index contributed by atoms with van der Waals surface area (Å²) in [4.78, 5) is 26.9. The van der Waals surface area contributed by atoms with Gasteiger partial charge in [0.15, 0.2) is 11.5 Å². The molecular weight excluding hydrogens is 554 g/mol. The Labute approximate surface area is 220 Å². The summed E-state index contributed by atoms with van der Waals surface area (Å²) in [5.41, 5.74) is 1.62. The monoisotopic (exact) mass is 573 g/mol. The van der Waals surface area contributed by atoms with Gasteiger partial charge in [0.2, 0.25) is 0 Å². The lowest BCUT2D eigenvalue weighted by molar-refractivity contribution is -0.123. The summed E-state index contributed by atoms with van der Waals surface area (Å²) in [6.45, 7) is 0.626. The maximum atomic E-state index is 13.0. The third-order valence-electron chi connectivity index (χ3n) is 5.08. The number of imide groups is 1. The van der Waals surface area contributed by atoms with Gasteiger partial charge in [0.05, 0.1) is 18.6 Å². The maximum absolute atomic E-state index is 13.0. The molecule has 3 aromatic rings. The molecule has 6 nitrogen and oxygen atoms in total. The molecule has 35 heavy (non-hydrogen) atoms. The van der Waals surface area contributed by atoms with Gasteiger partial charge in [0.25, 0.3) is 11.1 Å². The van der Waals surface area contributed by atoms with Gasteiger partial charge in [-0.3, -0.25) is 14.5 Å². The summed E-state index contributed by atoms with van der Waals surface area (Å²) < 4.78 is 18.2. The highest BCUT2D eigenvalue weighted by molar-refractivity contribution is 9.10. The fraction of sp³-hybridized carbons (Fsp3) is 0.154. The molecule has 0 N–H and O–H groups in total. The van der Waals surface area contributed by atoms with Crippen LogP contribution in [0.15, 0.2) is 76.1 Å². The molecule has 0 radical (unpaired) electrons. The molecule has 1 aliphatic rings. The number of thioether (sulfide) groups is 1. The van der Waals surface area contributed by atoms with Gasteiger partial charge in [-0.2, -0.15) is 0 Å². The van der Waals surface area contributed by atoms with Gasteiger partial charge in [-0.1, -0.05) is 51.8 Å². The van der Waals surface area contributed by atoms with Crippen molar-refractivity contribution in [2.24, 2.45) is 0 Å². The molecule has 9 heteroatoms. The van der Waals surface area contributed by atoms with Crippen molar-refractivity contribution in [3.05, 3.63) is 92.3 Å². The number of para-hydroxylation sites is 1. The number of hydrogen-bond acceptors (Lipinski definition) is 6.